The zero-order chi connectivity index (χ0) is 20.3. The first-order valence-electron chi connectivity index (χ1n) is 8.56. The van der Waals surface area contributed by atoms with Gasteiger partial charge in [0.05, 0.1) is 11.9 Å². The van der Waals surface area contributed by atoms with Crippen LogP contribution in [0.2, 0.25) is 15.2 Å². The average Bonchev–Trinajstić information content (AvgIpc) is 3.04. The minimum absolute atomic E-state index is 0.143. The van der Waals surface area contributed by atoms with Gasteiger partial charge in [-0.3, -0.25) is 14.5 Å². The molecule has 3 rings (SSSR count). The van der Waals surface area contributed by atoms with Gasteiger partial charge in [0, 0.05) is 22.9 Å². The Bertz CT molecular complexity index is 918. The molecule has 146 valence electrons. The highest BCUT2D eigenvalue weighted by Gasteiger charge is 2.39. The number of urea groups is 1. The van der Waals surface area contributed by atoms with Crippen LogP contribution in [0.5, 0.6) is 0 Å². The number of halogens is 3. The maximum absolute atomic E-state index is 12.7. The molecule has 0 bridgehead atoms. The van der Waals surface area contributed by atoms with Gasteiger partial charge in [-0.2, -0.15) is 0 Å². The molecule has 2 heterocycles. The predicted molar refractivity (Wildman–Crippen MR) is 108 cm³/mol. The maximum atomic E-state index is 12.7. The fraction of sp³-hybridized carbons (Fsp3) is 0.263. The Labute approximate surface area is 176 Å². The first-order valence-corrected chi connectivity index (χ1v) is 9.70. The van der Waals surface area contributed by atoms with Gasteiger partial charge in [0.1, 0.15) is 11.2 Å². The van der Waals surface area contributed by atoms with E-state index >= 15 is 0 Å². The lowest BCUT2D eigenvalue weighted by molar-refractivity contribution is -0.131. The predicted octanol–water partition coefficient (Wildman–Crippen LogP) is 4.77. The highest BCUT2D eigenvalue weighted by Crippen LogP contribution is 2.25. The van der Waals surface area contributed by atoms with E-state index in [-0.39, 0.29) is 29.7 Å². The van der Waals surface area contributed by atoms with Crippen LogP contribution >= 0.6 is 34.8 Å². The molecule has 3 amide bonds. The van der Waals surface area contributed by atoms with Gasteiger partial charge >= 0.3 is 6.03 Å². The highest BCUT2D eigenvalue weighted by molar-refractivity contribution is 6.35. The van der Waals surface area contributed by atoms with Crippen molar-refractivity contribution < 1.29 is 14.4 Å². The molecule has 0 radical (unpaired) electrons. The highest BCUT2D eigenvalue weighted by atomic mass is 35.5. The molecule has 0 spiro atoms. The number of carbonyl (C=O) groups is 3. The van der Waals surface area contributed by atoms with Crippen LogP contribution in [0.25, 0.3) is 0 Å². The van der Waals surface area contributed by atoms with Crippen molar-refractivity contribution in [2.45, 2.75) is 31.7 Å². The lowest BCUT2D eigenvalue weighted by Gasteiger charge is -2.22. The fourth-order valence-corrected chi connectivity index (χ4v) is 3.64. The molecule has 1 saturated heterocycles. The normalized spacial score (nSPS) is 16.3. The van der Waals surface area contributed by atoms with E-state index in [1.165, 1.54) is 12.3 Å². The summed E-state index contributed by atoms with van der Waals surface area (Å²) >= 11 is 17.7. The van der Waals surface area contributed by atoms with Gasteiger partial charge < -0.3 is 5.32 Å². The number of likely N-dealkylation sites (tertiary alicyclic amines) is 1. The molecule has 9 heteroatoms. The largest absolute Gasteiger partial charge is 0.329 e. The Balaban J connectivity index is 1.65. The number of nitrogens with one attached hydrogen (secondary N) is 1. The van der Waals surface area contributed by atoms with Crippen molar-refractivity contribution in [1.82, 2.24) is 9.88 Å². The Morgan fingerprint density at radius 3 is 2.64 bits per heavy atom. The van der Waals surface area contributed by atoms with Crippen LogP contribution in [-0.4, -0.2) is 33.6 Å². The number of amides is 3. The third-order valence-electron chi connectivity index (χ3n) is 4.44. The van der Waals surface area contributed by atoms with Gasteiger partial charge in [0.15, 0.2) is 5.78 Å². The number of benzene rings is 1. The van der Waals surface area contributed by atoms with E-state index in [1.54, 1.807) is 24.3 Å². The standard InChI is InChI=1S/C19H16Cl3N3O3/c20-12-3-1-11(14(21)9-12)2-6-16(26)15-5-8-18(27)25(15)19(28)24-13-4-7-17(22)23-10-13/h1,3-4,7,9-10,15H,2,5-6,8H2,(H,24,28)/t15-/m0/s1. The minimum atomic E-state index is -0.793. The Hall–Kier alpha value is -2.15. The number of ketones is 1. The van der Waals surface area contributed by atoms with E-state index in [0.29, 0.717) is 28.6 Å². The number of pyridine rings is 1. The first kappa shape index (κ1) is 20.6. The summed E-state index contributed by atoms with van der Waals surface area (Å²) < 4.78 is 0. The average molecular weight is 441 g/mol. The number of hydrogen-bond acceptors (Lipinski definition) is 4. The summed E-state index contributed by atoms with van der Waals surface area (Å²) in [5.41, 5.74) is 1.17. The molecule has 0 aliphatic carbocycles. The fourth-order valence-electron chi connectivity index (χ4n) is 3.03. The zero-order valence-electron chi connectivity index (χ0n) is 14.6. The molecule has 1 N–H and O–H groups in total. The molecule has 1 aliphatic rings. The number of aromatic nitrogens is 1. The molecule has 1 fully saturated rings. The van der Waals surface area contributed by atoms with E-state index in [2.05, 4.69) is 10.3 Å². The third-order valence-corrected chi connectivity index (χ3v) is 5.25. The van der Waals surface area contributed by atoms with Gasteiger partial charge in [-0.1, -0.05) is 40.9 Å². The summed E-state index contributed by atoms with van der Waals surface area (Å²) in [4.78, 5) is 42.3. The van der Waals surface area contributed by atoms with Gasteiger partial charge in [0.2, 0.25) is 5.91 Å². The second-order valence-corrected chi connectivity index (χ2v) is 7.55. The van der Waals surface area contributed by atoms with Gasteiger partial charge in [-0.25, -0.2) is 9.78 Å². The summed E-state index contributed by atoms with van der Waals surface area (Å²) in [6, 6.07) is 6.70. The zero-order valence-corrected chi connectivity index (χ0v) is 16.9. The number of imide groups is 1. The van der Waals surface area contributed by atoms with E-state index in [4.69, 9.17) is 34.8 Å². The lowest BCUT2D eigenvalue weighted by atomic mass is 10.0. The number of carbonyl (C=O) groups excluding carboxylic acids is 3. The van der Waals surface area contributed by atoms with Gasteiger partial charge in [-0.05, 0) is 42.7 Å². The van der Waals surface area contributed by atoms with Crippen LogP contribution in [0, 0.1) is 0 Å². The number of Topliss-reactive ketones (excluding diaryl/α,β-unsaturated/α-hetero) is 1. The van der Waals surface area contributed by atoms with Crippen molar-refractivity contribution in [1.29, 1.82) is 0 Å². The molecule has 0 unspecified atom stereocenters. The molecule has 0 saturated carbocycles. The summed E-state index contributed by atoms with van der Waals surface area (Å²) in [6.45, 7) is 0. The lowest BCUT2D eigenvalue weighted by Crippen LogP contribution is -2.45. The number of anilines is 1. The summed E-state index contributed by atoms with van der Waals surface area (Å²) in [5.74, 6) is -0.580. The number of aryl methyl sites for hydroxylation is 1. The second kappa shape index (κ2) is 8.90. The molecular formula is C19H16Cl3N3O3. The van der Waals surface area contributed by atoms with Crippen molar-refractivity contribution in [2.24, 2.45) is 0 Å². The summed E-state index contributed by atoms with van der Waals surface area (Å²) in [7, 11) is 0. The van der Waals surface area contributed by atoms with E-state index in [9.17, 15) is 14.4 Å². The third kappa shape index (κ3) is 4.82. The van der Waals surface area contributed by atoms with Crippen LogP contribution in [0.1, 0.15) is 24.8 Å². The topological polar surface area (TPSA) is 79.4 Å². The Morgan fingerprint density at radius 1 is 1.18 bits per heavy atom. The first-order chi connectivity index (χ1) is 13.3. The number of rotatable bonds is 5. The molecule has 1 aromatic heterocycles. The van der Waals surface area contributed by atoms with Crippen molar-refractivity contribution >= 4 is 58.2 Å². The minimum Gasteiger partial charge on any atom is -0.306 e. The molecule has 1 atom stereocenters. The quantitative estimate of drug-likeness (QED) is 0.679. The van der Waals surface area contributed by atoms with Crippen molar-refractivity contribution in [3.05, 3.63) is 57.3 Å². The Kier molecular flexibility index (Phi) is 6.54. The van der Waals surface area contributed by atoms with Gasteiger partial charge in [0.25, 0.3) is 0 Å². The maximum Gasteiger partial charge on any atom is 0.329 e. The van der Waals surface area contributed by atoms with Gasteiger partial charge in [-0.15, -0.1) is 0 Å². The van der Waals surface area contributed by atoms with Crippen LogP contribution in [-0.2, 0) is 16.0 Å². The van der Waals surface area contributed by atoms with Crippen LogP contribution in [0.3, 0.4) is 0 Å². The molecular weight excluding hydrogens is 425 g/mol. The van der Waals surface area contributed by atoms with Crippen molar-refractivity contribution in [3.8, 4) is 0 Å². The number of nitrogens with zero attached hydrogens (tertiary/aromatic N) is 2. The molecule has 28 heavy (non-hydrogen) atoms. The monoisotopic (exact) mass is 439 g/mol. The van der Waals surface area contributed by atoms with Crippen LogP contribution < -0.4 is 5.32 Å². The molecule has 1 aliphatic heterocycles. The second-order valence-electron chi connectivity index (χ2n) is 6.32. The molecule has 6 nitrogen and oxygen atoms in total. The molecule has 2 aromatic rings. The van der Waals surface area contributed by atoms with E-state index in [1.807, 2.05) is 0 Å². The van der Waals surface area contributed by atoms with Crippen LogP contribution in [0.4, 0.5) is 10.5 Å². The smallest absolute Gasteiger partial charge is 0.306 e. The van der Waals surface area contributed by atoms with Crippen molar-refractivity contribution in [3.63, 3.8) is 0 Å². The summed E-state index contributed by atoms with van der Waals surface area (Å²) in [6.07, 6.45) is 2.38. The van der Waals surface area contributed by atoms with Crippen LogP contribution in [0.15, 0.2) is 36.5 Å². The summed E-state index contributed by atoms with van der Waals surface area (Å²) in [5, 5.41) is 3.85. The molecule has 1 aromatic carbocycles. The number of hydrogen-bond donors (Lipinski definition) is 1. The van der Waals surface area contributed by atoms with E-state index < -0.39 is 12.1 Å². The van der Waals surface area contributed by atoms with Crippen molar-refractivity contribution in [2.75, 3.05) is 5.32 Å². The van der Waals surface area contributed by atoms with E-state index in [0.717, 1.165) is 10.5 Å². The SMILES string of the molecule is O=C(CCc1ccc(Cl)cc1Cl)[C@@H]1CCC(=O)N1C(=O)Nc1ccc(Cl)nc1. The Morgan fingerprint density at radius 2 is 1.96 bits per heavy atom.